The van der Waals surface area contributed by atoms with Gasteiger partial charge < -0.3 is 15.7 Å². The van der Waals surface area contributed by atoms with Gasteiger partial charge in [0.05, 0.1) is 4.92 Å². The van der Waals surface area contributed by atoms with Gasteiger partial charge in [-0.25, -0.2) is 0 Å². The molecule has 0 amide bonds. The predicted molar refractivity (Wildman–Crippen MR) is 65.6 cm³/mol. The molecule has 0 spiro atoms. The SMILES string of the molecule is Cl.O=[N+]([O-])c1ccc(O)c([C@H]2CNCCN2)c1. The molecule has 0 saturated carbocycles. The second-order valence-electron chi connectivity index (χ2n) is 3.71. The molecule has 2 rings (SSSR count). The van der Waals surface area contributed by atoms with Crippen LogP contribution in [0, 0.1) is 10.1 Å². The van der Waals surface area contributed by atoms with Crippen molar-refractivity contribution >= 4 is 18.1 Å². The second kappa shape index (κ2) is 5.81. The number of nitrogens with one attached hydrogen (secondary N) is 2. The number of non-ortho nitro benzene ring substituents is 1. The molecule has 0 unspecified atom stereocenters. The number of phenolic OH excluding ortho intramolecular Hbond substituents is 1. The highest BCUT2D eigenvalue weighted by atomic mass is 35.5. The fraction of sp³-hybridized carbons (Fsp3) is 0.400. The molecule has 1 heterocycles. The molecule has 6 nitrogen and oxygen atoms in total. The number of halogens is 1. The summed E-state index contributed by atoms with van der Waals surface area (Å²) in [6.45, 7) is 2.31. The first-order chi connectivity index (χ1) is 7.68. The Balaban J connectivity index is 0.00000144. The lowest BCUT2D eigenvalue weighted by molar-refractivity contribution is -0.385. The van der Waals surface area contributed by atoms with Crippen molar-refractivity contribution in [2.45, 2.75) is 6.04 Å². The molecule has 0 aliphatic carbocycles. The molecule has 1 fully saturated rings. The Morgan fingerprint density at radius 2 is 2.18 bits per heavy atom. The summed E-state index contributed by atoms with van der Waals surface area (Å²) in [5, 5.41) is 26.7. The van der Waals surface area contributed by atoms with E-state index in [1.54, 1.807) is 0 Å². The minimum absolute atomic E-state index is 0. The fourth-order valence-electron chi connectivity index (χ4n) is 1.81. The van der Waals surface area contributed by atoms with Crippen molar-refractivity contribution in [1.82, 2.24) is 10.6 Å². The van der Waals surface area contributed by atoms with Gasteiger partial charge in [-0.05, 0) is 6.07 Å². The summed E-state index contributed by atoms with van der Waals surface area (Å²) >= 11 is 0. The minimum Gasteiger partial charge on any atom is -0.508 e. The van der Waals surface area contributed by atoms with Gasteiger partial charge in [0.25, 0.3) is 5.69 Å². The lowest BCUT2D eigenvalue weighted by Gasteiger charge is -2.25. The van der Waals surface area contributed by atoms with Crippen LogP contribution < -0.4 is 10.6 Å². The molecule has 94 valence electrons. The number of phenols is 1. The zero-order valence-electron chi connectivity index (χ0n) is 9.05. The van der Waals surface area contributed by atoms with Gasteiger partial charge in [-0.1, -0.05) is 0 Å². The number of rotatable bonds is 2. The van der Waals surface area contributed by atoms with Gasteiger partial charge in [0, 0.05) is 43.4 Å². The first kappa shape index (κ1) is 13.7. The lowest BCUT2D eigenvalue weighted by Crippen LogP contribution is -2.42. The topological polar surface area (TPSA) is 87.4 Å². The summed E-state index contributed by atoms with van der Waals surface area (Å²) in [6, 6.07) is 4.01. The number of nitro groups is 1. The van der Waals surface area contributed by atoms with Crippen LogP contribution in [0.4, 0.5) is 5.69 Å². The van der Waals surface area contributed by atoms with Crippen molar-refractivity contribution in [1.29, 1.82) is 0 Å². The van der Waals surface area contributed by atoms with E-state index in [-0.39, 0.29) is 29.9 Å². The Hall–Kier alpha value is -1.37. The molecule has 1 aromatic rings. The van der Waals surface area contributed by atoms with Crippen molar-refractivity contribution in [2.75, 3.05) is 19.6 Å². The lowest BCUT2D eigenvalue weighted by atomic mass is 10.0. The van der Waals surface area contributed by atoms with E-state index in [4.69, 9.17) is 0 Å². The summed E-state index contributed by atoms with van der Waals surface area (Å²) < 4.78 is 0. The molecular weight excluding hydrogens is 246 g/mol. The molecule has 7 heteroatoms. The maximum Gasteiger partial charge on any atom is 0.270 e. The highest BCUT2D eigenvalue weighted by molar-refractivity contribution is 5.85. The van der Waals surface area contributed by atoms with Crippen molar-refractivity contribution < 1.29 is 10.0 Å². The monoisotopic (exact) mass is 259 g/mol. The van der Waals surface area contributed by atoms with Crippen molar-refractivity contribution in [3.05, 3.63) is 33.9 Å². The zero-order chi connectivity index (χ0) is 11.5. The molecular formula is C10H14ClN3O3. The van der Waals surface area contributed by atoms with Crippen LogP contribution in [0.5, 0.6) is 5.75 Å². The van der Waals surface area contributed by atoms with Crippen molar-refractivity contribution in [3.63, 3.8) is 0 Å². The predicted octanol–water partition coefficient (Wildman–Crippen LogP) is 0.956. The molecule has 17 heavy (non-hydrogen) atoms. The van der Waals surface area contributed by atoms with Crippen LogP contribution in [0.25, 0.3) is 0 Å². The van der Waals surface area contributed by atoms with Gasteiger partial charge in [0.1, 0.15) is 5.75 Å². The van der Waals surface area contributed by atoms with Gasteiger partial charge in [0.2, 0.25) is 0 Å². The van der Waals surface area contributed by atoms with E-state index in [9.17, 15) is 15.2 Å². The summed E-state index contributed by atoms with van der Waals surface area (Å²) in [5.74, 6) is 0.0896. The number of hydrogen-bond donors (Lipinski definition) is 3. The summed E-state index contributed by atoms with van der Waals surface area (Å²) in [7, 11) is 0. The minimum atomic E-state index is -0.459. The summed E-state index contributed by atoms with van der Waals surface area (Å²) in [6.07, 6.45) is 0. The van der Waals surface area contributed by atoms with Crippen LogP contribution in [0.15, 0.2) is 18.2 Å². The van der Waals surface area contributed by atoms with Gasteiger partial charge in [0.15, 0.2) is 0 Å². The summed E-state index contributed by atoms with van der Waals surface area (Å²) in [5.41, 5.74) is 0.571. The maximum absolute atomic E-state index is 10.6. The second-order valence-corrected chi connectivity index (χ2v) is 3.71. The van der Waals surface area contributed by atoms with Crippen LogP contribution in [0.1, 0.15) is 11.6 Å². The summed E-state index contributed by atoms with van der Waals surface area (Å²) in [4.78, 5) is 10.2. The Kier molecular flexibility index (Phi) is 4.68. The number of aromatic hydroxyl groups is 1. The van der Waals surface area contributed by atoms with Crippen molar-refractivity contribution in [2.24, 2.45) is 0 Å². The Labute approximate surface area is 105 Å². The van der Waals surface area contributed by atoms with E-state index in [2.05, 4.69) is 10.6 Å². The number of hydrogen-bond acceptors (Lipinski definition) is 5. The van der Waals surface area contributed by atoms with Crippen LogP contribution >= 0.6 is 12.4 Å². The van der Waals surface area contributed by atoms with E-state index in [0.29, 0.717) is 12.1 Å². The highest BCUT2D eigenvalue weighted by Gasteiger charge is 2.20. The van der Waals surface area contributed by atoms with Gasteiger partial charge in [-0.15, -0.1) is 12.4 Å². The molecule has 1 aromatic carbocycles. The molecule has 0 aromatic heterocycles. The normalized spacial score (nSPS) is 19.4. The number of nitro benzene ring substituents is 1. The highest BCUT2D eigenvalue weighted by Crippen LogP contribution is 2.28. The Bertz CT molecular complexity index is 408. The molecule has 3 N–H and O–H groups in total. The molecule has 1 atom stereocenters. The third-order valence-corrected chi connectivity index (χ3v) is 2.64. The maximum atomic E-state index is 10.6. The van der Waals surface area contributed by atoms with E-state index in [1.807, 2.05) is 0 Å². The van der Waals surface area contributed by atoms with Crippen LogP contribution in [0.2, 0.25) is 0 Å². The quantitative estimate of drug-likeness (QED) is 0.544. The third-order valence-electron chi connectivity index (χ3n) is 2.64. The number of benzene rings is 1. The Morgan fingerprint density at radius 1 is 1.41 bits per heavy atom. The van der Waals surface area contributed by atoms with Crippen LogP contribution in [-0.2, 0) is 0 Å². The van der Waals surface area contributed by atoms with Crippen LogP contribution in [-0.4, -0.2) is 29.7 Å². The first-order valence-corrected chi connectivity index (χ1v) is 5.10. The van der Waals surface area contributed by atoms with E-state index in [0.717, 1.165) is 13.1 Å². The zero-order valence-corrected chi connectivity index (χ0v) is 9.87. The van der Waals surface area contributed by atoms with E-state index < -0.39 is 4.92 Å². The Morgan fingerprint density at radius 3 is 2.76 bits per heavy atom. The first-order valence-electron chi connectivity index (χ1n) is 5.10. The van der Waals surface area contributed by atoms with E-state index >= 15 is 0 Å². The third kappa shape index (κ3) is 3.06. The fourth-order valence-corrected chi connectivity index (χ4v) is 1.81. The number of nitrogens with zero attached hydrogens (tertiary/aromatic N) is 1. The molecule has 0 radical (unpaired) electrons. The van der Waals surface area contributed by atoms with Gasteiger partial charge in [-0.3, -0.25) is 10.1 Å². The standard InChI is InChI=1S/C10H13N3O3.ClH/c14-10-2-1-7(13(15)16)5-8(10)9-6-11-3-4-12-9;/h1-2,5,9,11-12,14H,3-4,6H2;1H/t9-;/m1./s1. The average molecular weight is 260 g/mol. The van der Waals surface area contributed by atoms with Gasteiger partial charge in [-0.2, -0.15) is 0 Å². The van der Waals surface area contributed by atoms with Crippen molar-refractivity contribution in [3.8, 4) is 5.75 Å². The molecule has 1 aliphatic heterocycles. The molecule has 1 saturated heterocycles. The average Bonchev–Trinajstić information content (AvgIpc) is 2.30. The van der Waals surface area contributed by atoms with Gasteiger partial charge >= 0.3 is 0 Å². The van der Waals surface area contributed by atoms with E-state index in [1.165, 1.54) is 18.2 Å². The number of piperazine rings is 1. The largest absolute Gasteiger partial charge is 0.508 e. The molecule has 0 bridgehead atoms. The van der Waals surface area contributed by atoms with Crippen LogP contribution in [0.3, 0.4) is 0 Å². The molecule has 1 aliphatic rings. The smallest absolute Gasteiger partial charge is 0.270 e.